The van der Waals surface area contributed by atoms with Gasteiger partial charge >= 0.3 is 0 Å². The summed E-state index contributed by atoms with van der Waals surface area (Å²) in [4.78, 5) is 27.4. The van der Waals surface area contributed by atoms with E-state index in [0.29, 0.717) is 17.2 Å². The molecule has 156 valence electrons. The zero-order valence-corrected chi connectivity index (χ0v) is 18.2. The van der Waals surface area contributed by atoms with E-state index in [0.717, 1.165) is 11.1 Å². The molecule has 0 aliphatic rings. The van der Waals surface area contributed by atoms with Crippen molar-refractivity contribution in [1.82, 2.24) is 10.2 Å². The van der Waals surface area contributed by atoms with Crippen molar-refractivity contribution in [1.29, 1.82) is 0 Å². The van der Waals surface area contributed by atoms with Crippen molar-refractivity contribution >= 4 is 23.4 Å². The summed E-state index contributed by atoms with van der Waals surface area (Å²) in [5.74, 6) is 0.173. The molecule has 0 fully saturated rings. The van der Waals surface area contributed by atoms with Crippen molar-refractivity contribution < 1.29 is 14.3 Å². The number of aryl methyl sites for hydroxylation is 1. The molecular weight excluding hydrogens is 388 g/mol. The number of nitrogens with zero attached hydrogens (tertiary/aromatic N) is 1. The minimum Gasteiger partial charge on any atom is -0.484 e. The largest absolute Gasteiger partial charge is 0.484 e. The molecule has 0 saturated heterocycles. The Morgan fingerprint density at radius 3 is 2.48 bits per heavy atom. The lowest BCUT2D eigenvalue weighted by Gasteiger charge is -2.31. The van der Waals surface area contributed by atoms with Crippen LogP contribution in [0.3, 0.4) is 0 Å². The Morgan fingerprint density at radius 2 is 1.86 bits per heavy atom. The summed E-state index contributed by atoms with van der Waals surface area (Å²) in [7, 11) is 0. The fourth-order valence-electron chi connectivity index (χ4n) is 3.04. The molecule has 1 atom stereocenters. The van der Waals surface area contributed by atoms with Gasteiger partial charge in [0, 0.05) is 17.6 Å². The third-order valence-electron chi connectivity index (χ3n) is 4.47. The van der Waals surface area contributed by atoms with Gasteiger partial charge in [0.15, 0.2) is 6.61 Å². The summed E-state index contributed by atoms with van der Waals surface area (Å²) in [6, 6.07) is 14.2. The number of hydrogen-bond acceptors (Lipinski definition) is 3. The lowest BCUT2D eigenvalue weighted by molar-refractivity contribution is -0.143. The van der Waals surface area contributed by atoms with Crippen molar-refractivity contribution in [3.05, 3.63) is 64.7 Å². The number of hydrogen-bond donors (Lipinski definition) is 1. The monoisotopic (exact) mass is 416 g/mol. The molecule has 0 unspecified atom stereocenters. The van der Waals surface area contributed by atoms with E-state index in [1.807, 2.05) is 70.2 Å². The lowest BCUT2D eigenvalue weighted by atomic mass is 10.1. The summed E-state index contributed by atoms with van der Waals surface area (Å²) in [5, 5.41) is 3.46. The molecular formula is C23H29ClN2O3. The number of amides is 2. The molecule has 0 aliphatic heterocycles. The van der Waals surface area contributed by atoms with Gasteiger partial charge in [-0.15, -0.1) is 0 Å². The molecule has 0 radical (unpaired) electrons. The minimum absolute atomic E-state index is 0.0163. The summed E-state index contributed by atoms with van der Waals surface area (Å²) in [6.07, 6.45) is 0.485. The van der Waals surface area contributed by atoms with E-state index < -0.39 is 6.04 Å². The molecule has 0 heterocycles. The Balaban J connectivity index is 2.23. The molecule has 29 heavy (non-hydrogen) atoms. The van der Waals surface area contributed by atoms with Crippen LogP contribution in [0.1, 0.15) is 38.3 Å². The third-order valence-corrected chi connectivity index (χ3v) is 4.84. The van der Waals surface area contributed by atoms with Gasteiger partial charge in [-0.05, 0) is 56.5 Å². The van der Waals surface area contributed by atoms with Crippen molar-refractivity contribution in [3.63, 3.8) is 0 Å². The maximum atomic E-state index is 13.1. The second kappa shape index (κ2) is 10.9. The fourth-order valence-corrected chi connectivity index (χ4v) is 3.24. The van der Waals surface area contributed by atoms with Crippen molar-refractivity contribution in [2.45, 2.75) is 52.7 Å². The SMILES string of the molecule is CC[C@H](C(=O)NC(C)C)N(Cc1ccccc1Cl)C(=O)COc1cccc(C)c1. The van der Waals surface area contributed by atoms with E-state index in [1.165, 1.54) is 0 Å². The molecule has 2 amide bonds. The molecule has 6 heteroatoms. The summed E-state index contributed by atoms with van der Waals surface area (Å²) >= 11 is 6.31. The van der Waals surface area contributed by atoms with Crippen LogP contribution >= 0.6 is 11.6 Å². The van der Waals surface area contributed by atoms with E-state index in [2.05, 4.69) is 5.32 Å². The average Bonchev–Trinajstić information content (AvgIpc) is 2.67. The van der Waals surface area contributed by atoms with Gasteiger partial charge in [-0.3, -0.25) is 9.59 Å². The van der Waals surface area contributed by atoms with Crippen molar-refractivity contribution in [2.24, 2.45) is 0 Å². The molecule has 2 aromatic carbocycles. The van der Waals surface area contributed by atoms with Gasteiger partial charge < -0.3 is 15.0 Å². The first-order valence-electron chi connectivity index (χ1n) is 9.84. The van der Waals surface area contributed by atoms with Crippen LogP contribution in [0.5, 0.6) is 5.75 Å². The number of carbonyl (C=O) groups excluding carboxylic acids is 2. The quantitative estimate of drug-likeness (QED) is 0.660. The summed E-state index contributed by atoms with van der Waals surface area (Å²) < 4.78 is 5.70. The fraction of sp³-hybridized carbons (Fsp3) is 0.391. The normalized spacial score (nSPS) is 11.8. The average molecular weight is 417 g/mol. The molecule has 0 spiro atoms. The molecule has 5 nitrogen and oxygen atoms in total. The number of nitrogens with one attached hydrogen (secondary N) is 1. The zero-order valence-electron chi connectivity index (χ0n) is 17.4. The van der Waals surface area contributed by atoms with Gasteiger partial charge in [0.05, 0.1) is 0 Å². The second-order valence-electron chi connectivity index (χ2n) is 7.31. The van der Waals surface area contributed by atoms with E-state index in [-0.39, 0.29) is 31.0 Å². The molecule has 0 bridgehead atoms. The zero-order chi connectivity index (χ0) is 21.4. The van der Waals surface area contributed by atoms with Crippen LogP contribution in [0.2, 0.25) is 5.02 Å². The molecule has 2 rings (SSSR count). The Morgan fingerprint density at radius 1 is 1.14 bits per heavy atom. The van der Waals surface area contributed by atoms with Crippen LogP contribution in [0.15, 0.2) is 48.5 Å². The van der Waals surface area contributed by atoms with Crippen LogP contribution in [-0.4, -0.2) is 35.4 Å². The molecule has 1 N–H and O–H groups in total. The number of carbonyl (C=O) groups is 2. The summed E-state index contributed by atoms with van der Waals surface area (Å²) in [6.45, 7) is 7.72. The standard InChI is InChI=1S/C23H29ClN2O3/c1-5-21(23(28)25-16(2)3)26(14-18-10-6-7-12-20(18)24)22(27)15-29-19-11-8-9-17(4)13-19/h6-13,16,21H,5,14-15H2,1-4H3,(H,25,28)/t21-/m1/s1. The van der Waals surface area contributed by atoms with E-state index in [4.69, 9.17) is 16.3 Å². The van der Waals surface area contributed by atoms with Gasteiger partial charge in [-0.1, -0.05) is 48.9 Å². The van der Waals surface area contributed by atoms with Gasteiger partial charge in [0.25, 0.3) is 5.91 Å². The predicted molar refractivity (Wildman–Crippen MR) is 116 cm³/mol. The van der Waals surface area contributed by atoms with Gasteiger partial charge in [0.2, 0.25) is 5.91 Å². The van der Waals surface area contributed by atoms with Crippen LogP contribution in [0, 0.1) is 6.92 Å². The predicted octanol–water partition coefficient (Wildman–Crippen LogP) is 4.36. The highest BCUT2D eigenvalue weighted by molar-refractivity contribution is 6.31. The number of rotatable bonds is 9. The first-order valence-corrected chi connectivity index (χ1v) is 10.2. The van der Waals surface area contributed by atoms with Gasteiger partial charge in [-0.2, -0.15) is 0 Å². The van der Waals surface area contributed by atoms with Crippen molar-refractivity contribution in [3.8, 4) is 5.75 Å². The first kappa shape index (κ1) is 22.8. The highest BCUT2D eigenvalue weighted by atomic mass is 35.5. The van der Waals surface area contributed by atoms with E-state index in [9.17, 15) is 9.59 Å². The Labute approximate surface area is 178 Å². The third kappa shape index (κ3) is 6.79. The minimum atomic E-state index is -0.609. The van der Waals surface area contributed by atoms with Gasteiger partial charge in [0.1, 0.15) is 11.8 Å². The Bertz CT molecular complexity index is 838. The van der Waals surface area contributed by atoms with E-state index >= 15 is 0 Å². The topological polar surface area (TPSA) is 58.6 Å². The lowest BCUT2D eigenvalue weighted by Crippen LogP contribution is -2.51. The second-order valence-corrected chi connectivity index (χ2v) is 7.71. The van der Waals surface area contributed by atoms with E-state index in [1.54, 1.807) is 11.0 Å². The maximum Gasteiger partial charge on any atom is 0.261 e. The molecule has 0 aliphatic carbocycles. The maximum absolute atomic E-state index is 13.1. The summed E-state index contributed by atoms with van der Waals surface area (Å²) in [5.41, 5.74) is 1.83. The van der Waals surface area contributed by atoms with Crippen LogP contribution in [0.4, 0.5) is 0 Å². The Hall–Kier alpha value is -2.53. The smallest absolute Gasteiger partial charge is 0.261 e. The molecule has 2 aromatic rings. The highest BCUT2D eigenvalue weighted by Gasteiger charge is 2.29. The molecule has 0 saturated carbocycles. The number of benzene rings is 2. The highest BCUT2D eigenvalue weighted by Crippen LogP contribution is 2.20. The Kier molecular flexibility index (Phi) is 8.52. The van der Waals surface area contributed by atoms with Crippen LogP contribution < -0.4 is 10.1 Å². The first-order chi connectivity index (χ1) is 13.8. The molecule has 0 aromatic heterocycles. The van der Waals surface area contributed by atoms with Crippen LogP contribution in [-0.2, 0) is 16.1 Å². The van der Waals surface area contributed by atoms with Crippen molar-refractivity contribution in [2.75, 3.05) is 6.61 Å². The van der Waals surface area contributed by atoms with Crippen LogP contribution in [0.25, 0.3) is 0 Å². The number of ether oxygens (including phenoxy) is 1. The van der Waals surface area contributed by atoms with Gasteiger partial charge in [-0.25, -0.2) is 0 Å². The number of halogens is 1.